The van der Waals surface area contributed by atoms with Crippen molar-refractivity contribution in [2.75, 3.05) is 26.4 Å². The highest BCUT2D eigenvalue weighted by atomic mass is 16.5. The Kier molecular flexibility index (Phi) is 3.63. The molecule has 0 N–H and O–H groups in total. The van der Waals surface area contributed by atoms with Gasteiger partial charge in [0.1, 0.15) is 25.5 Å². The summed E-state index contributed by atoms with van der Waals surface area (Å²) in [7, 11) is 0. The molecule has 0 aliphatic carbocycles. The second-order valence-electron chi connectivity index (χ2n) is 6.79. The van der Waals surface area contributed by atoms with Crippen molar-refractivity contribution < 1.29 is 14.0 Å². The van der Waals surface area contributed by atoms with E-state index in [1.807, 2.05) is 0 Å². The summed E-state index contributed by atoms with van der Waals surface area (Å²) >= 11 is 0. The molecule has 0 bridgehead atoms. The first-order valence-corrected chi connectivity index (χ1v) is 7.83. The minimum absolute atomic E-state index is 0.365. The van der Waals surface area contributed by atoms with Crippen molar-refractivity contribution >= 4 is 0 Å². The molecule has 0 atom stereocenters. The zero-order chi connectivity index (χ0) is 14.2. The first-order valence-electron chi connectivity index (χ1n) is 7.83. The molecule has 20 heavy (non-hydrogen) atoms. The standard InChI is InChI=1S/C16H27N2O2/c1-4-15(10-19-11-15)8-17-6-7-18(14(17)3)9-16(5-2)12-20-13-16/h6-7H,4-5,8-13H2,1-3H3/q+1. The predicted molar refractivity (Wildman–Crippen MR) is 76.5 cm³/mol. The van der Waals surface area contributed by atoms with Gasteiger partial charge in [0.05, 0.1) is 37.3 Å². The lowest BCUT2D eigenvalue weighted by atomic mass is 9.83. The lowest BCUT2D eigenvalue weighted by Crippen LogP contribution is -2.54. The number of rotatable bonds is 6. The zero-order valence-corrected chi connectivity index (χ0v) is 13.0. The molecule has 4 heteroatoms. The Morgan fingerprint density at radius 1 is 1.10 bits per heavy atom. The first-order chi connectivity index (χ1) is 9.62. The van der Waals surface area contributed by atoms with E-state index in [9.17, 15) is 0 Å². The SMILES string of the molecule is CCC1(Cn2cc[n+](CC3(CC)COC3)c2C)COC1. The fourth-order valence-electron chi connectivity index (χ4n) is 3.19. The van der Waals surface area contributed by atoms with Crippen molar-refractivity contribution in [2.45, 2.75) is 46.7 Å². The third-order valence-electron chi connectivity index (χ3n) is 5.40. The Hall–Kier alpha value is -0.870. The van der Waals surface area contributed by atoms with Crippen LogP contribution >= 0.6 is 0 Å². The van der Waals surface area contributed by atoms with Crippen molar-refractivity contribution in [3.8, 4) is 0 Å². The second kappa shape index (κ2) is 5.15. The van der Waals surface area contributed by atoms with Crippen LogP contribution in [0.15, 0.2) is 12.4 Å². The highest BCUT2D eigenvalue weighted by Gasteiger charge is 2.42. The van der Waals surface area contributed by atoms with Crippen molar-refractivity contribution in [1.29, 1.82) is 0 Å². The first kappa shape index (κ1) is 14.1. The van der Waals surface area contributed by atoms with E-state index >= 15 is 0 Å². The van der Waals surface area contributed by atoms with E-state index in [4.69, 9.17) is 9.47 Å². The lowest BCUT2D eigenvalue weighted by molar-refractivity contribution is -0.719. The van der Waals surface area contributed by atoms with Crippen molar-refractivity contribution in [3.63, 3.8) is 0 Å². The number of nitrogens with zero attached hydrogens (tertiary/aromatic N) is 2. The van der Waals surface area contributed by atoms with E-state index in [-0.39, 0.29) is 0 Å². The molecular weight excluding hydrogens is 252 g/mol. The predicted octanol–water partition coefficient (Wildman–Crippen LogP) is 1.94. The van der Waals surface area contributed by atoms with Crippen LogP contribution in [0.25, 0.3) is 0 Å². The van der Waals surface area contributed by atoms with Crippen LogP contribution in [0.1, 0.15) is 32.5 Å². The molecule has 3 rings (SSSR count). The summed E-state index contributed by atoms with van der Waals surface area (Å²) in [4.78, 5) is 0. The third kappa shape index (κ3) is 2.29. The van der Waals surface area contributed by atoms with E-state index < -0.39 is 0 Å². The molecule has 4 nitrogen and oxygen atoms in total. The molecule has 2 aliphatic rings. The maximum atomic E-state index is 5.44. The fraction of sp³-hybridized carbons (Fsp3) is 0.812. The minimum Gasteiger partial charge on any atom is -0.380 e. The molecule has 1 aromatic heterocycles. The summed E-state index contributed by atoms with van der Waals surface area (Å²) in [5, 5.41) is 0. The van der Waals surface area contributed by atoms with Crippen LogP contribution in [0, 0.1) is 17.8 Å². The molecule has 0 radical (unpaired) electrons. The van der Waals surface area contributed by atoms with Crippen molar-refractivity contribution in [2.24, 2.45) is 10.8 Å². The van der Waals surface area contributed by atoms with Crippen molar-refractivity contribution in [3.05, 3.63) is 18.2 Å². The quantitative estimate of drug-likeness (QED) is 0.744. The van der Waals surface area contributed by atoms with Crippen LogP contribution in [-0.2, 0) is 22.6 Å². The average Bonchev–Trinajstić information content (AvgIpc) is 2.70. The molecule has 0 aromatic carbocycles. The molecule has 2 fully saturated rings. The van der Waals surface area contributed by atoms with Gasteiger partial charge >= 0.3 is 0 Å². The highest BCUT2D eigenvalue weighted by Crippen LogP contribution is 2.34. The number of hydrogen-bond donors (Lipinski definition) is 0. The van der Waals surface area contributed by atoms with Gasteiger partial charge in [0.2, 0.25) is 0 Å². The van der Waals surface area contributed by atoms with Crippen LogP contribution in [-0.4, -0.2) is 31.0 Å². The summed E-state index contributed by atoms with van der Waals surface area (Å²) in [5.41, 5.74) is 0.729. The van der Waals surface area contributed by atoms with Gasteiger partial charge in [-0.05, 0) is 12.8 Å². The summed E-state index contributed by atoms with van der Waals surface area (Å²) in [5.74, 6) is 1.35. The van der Waals surface area contributed by atoms with Gasteiger partial charge in [-0.3, -0.25) is 0 Å². The van der Waals surface area contributed by atoms with Gasteiger partial charge in [0, 0.05) is 6.92 Å². The van der Waals surface area contributed by atoms with Gasteiger partial charge in [0.15, 0.2) is 0 Å². The zero-order valence-electron chi connectivity index (χ0n) is 13.0. The van der Waals surface area contributed by atoms with E-state index in [1.165, 1.54) is 18.7 Å². The smallest absolute Gasteiger partial charge is 0.253 e. The molecular formula is C16H27N2O2+. The van der Waals surface area contributed by atoms with Gasteiger partial charge in [-0.25, -0.2) is 9.13 Å². The van der Waals surface area contributed by atoms with E-state index in [0.717, 1.165) is 39.5 Å². The number of imidazole rings is 1. The molecule has 2 saturated heterocycles. The Morgan fingerprint density at radius 2 is 1.70 bits per heavy atom. The van der Waals surface area contributed by atoms with E-state index in [0.29, 0.717) is 10.8 Å². The van der Waals surface area contributed by atoms with Gasteiger partial charge < -0.3 is 9.47 Å². The molecule has 0 unspecified atom stereocenters. The maximum Gasteiger partial charge on any atom is 0.253 e. The molecule has 3 heterocycles. The summed E-state index contributed by atoms with van der Waals surface area (Å²) in [6, 6.07) is 0. The van der Waals surface area contributed by atoms with Crippen LogP contribution in [0.3, 0.4) is 0 Å². The average molecular weight is 279 g/mol. The number of aromatic nitrogens is 2. The van der Waals surface area contributed by atoms with Gasteiger partial charge in [-0.2, -0.15) is 0 Å². The normalized spacial score (nSPS) is 23.1. The van der Waals surface area contributed by atoms with Crippen LogP contribution in [0.4, 0.5) is 0 Å². The topological polar surface area (TPSA) is 27.3 Å². The van der Waals surface area contributed by atoms with Crippen LogP contribution < -0.4 is 4.57 Å². The van der Waals surface area contributed by atoms with Gasteiger partial charge in [-0.1, -0.05) is 13.8 Å². The molecule has 1 aromatic rings. The molecule has 0 spiro atoms. The van der Waals surface area contributed by atoms with E-state index in [2.05, 4.69) is 42.3 Å². The third-order valence-corrected chi connectivity index (χ3v) is 5.40. The van der Waals surface area contributed by atoms with Crippen LogP contribution in [0.2, 0.25) is 0 Å². The van der Waals surface area contributed by atoms with Crippen LogP contribution in [0.5, 0.6) is 0 Å². The highest BCUT2D eigenvalue weighted by molar-refractivity contribution is 4.90. The molecule has 2 aliphatic heterocycles. The summed E-state index contributed by atoms with van der Waals surface area (Å²) in [6.07, 6.45) is 6.84. The number of hydrogen-bond acceptors (Lipinski definition) is 2. The molecule has 0 saturated carbocycles. The molecule has 112 valence electrons. The van der Waals surface area contributed by atoms with Gasteiger partial charge in [-0.15, -0.1) is 0 Å². The number of ether oxygens (including phenoxy) is 2. The summed E-state index contributed by atoms with van der Waals surface area (Å²) in [6.45, 7) is 12.6. The second-order valence-corrected chi connectivity index (χ2v) is 6.79. The molecule has 0 amide bonds. The Balaban J connectivity index is 1.72. The monoisotopic (exact) mass is 279 g/mol. The summed E-state index contributed by atoms with van der Waals surface area (Å²) < 4.78 is 15.7. The Labute approximate surface area is 121 Å². The van der Waals surface area contributed by atoms with Gasteiger partial charge in [0.25, 0.3) is 5.82 Å². The Bertz CT molecular complexity index is 420. The lowest BCUT2D eigenvalue weighted by Gasteiger charge is -2.40. The minimum atomic E-state index is 0.365. The fourth-order valence-corrected chi connectivity index (χ4v) is 3.19. The van der Waals surface area contributed by atoms with E-state index in [1.54, 1.807) is 0 Å². The maximum absolute atomic E-state index is 5.44. The largest absolute Gasteiger partial charge is 0.380 e. The Morgan fingerprint density at radius 3 is 2.15 bits per heavy atom. The van der Waals surface area contributed by atoms with Crippen molar-refractivity contribution in [1.82, 2.24) is 4.57 Å².